The van der Waals surface area contributed by atoms with Crippen molar-refractivity contribution in [3.63, 3.8) is 0 Å². The molecule has 0 aliphatic carbocycles. The number of nitrogens with two attached hydrogens (primary N) is 1. The van der Waals surface area contributed by atoms with Gasteiger partial charge >= 0.3 is 5.97 Å². The number of nitrogens with zero attached hydrogens (tertiary/aromatic N) is 2. The van der Waals surface area contributed by atoms with Gasteiger partial charge in [-0.3, -0.25) is 20.8 Å². The molecule has 0 aromatic heterocycles. The molecule has 12 heteroatoms. The van der Waals surface area contributed by atoms with Crippen LogP contribution in [0.3, 0.4) is 0 Å². The highest BCUT2D eigenvalue weighted by Gasteiger charge is 2.37. The van der Waals surface area contributed by atoms with Crippen LogP contribution in [0, 0.1) is 17.0 Å². The van der Waals surface area contributed by atoms with Gasteiger partial charge < -0.3 is 10.1 Å². The number of nitrogens with one attached hydrogen (secondary N) is 1. The molecule has 1 amide bonds. The van der Waals surface area contributed by atoms with Crippen LogP contribution in [-0.4, -0.2) is 48.8 Å². The molecule has 0 saturated carbocycles. The Bertz CT molecular complexity index is 1280. The van der Waals surface area contributed by atoms with Crippen LogP contribution in [0.5, 0.6) is 0 Å². The molecule has 0 bridgehead atoms. The first-order valence-corrected chi connectivity index (χ1v) is 15.0. The van der Waals surface area contributed by atoms with E-state index in [1.165, 1.54) is 42.7 Å². The van der Waals surface area contributed by atoms with E-state index >= 15 is 0 Å². The highest BCUT2D eigenvalue weighted by atomic mass is 32.2. The molecule has 0 spiro atoms. The minimum absolute atomic E-state index is 0.0317. The standard InChI is InChI=1S/C14H20N4O7S.C13H18.C2H6/c1-4-10(13(19)16-9(2)14(20)25-3)17(15)26(23,24)12-8-6-5-7-11(12)18(21)22;1-4-6-7-13-9-8-12(5-2)10-11(13)3;1-2/h5-10H,4,15H2,1-3H3,(H,16,19);6-10H,4-5H2,1-3H3;1-2H3/b;7-6-;. The van der Waals surface area contributed by atoms with Crippen LogP contribution in [0.1, 0.15) is 71.1 Å². The van der Waals surface area contributed by atoms with Crippen LogP contribution in [0.15, 0.2) is 53.4 Å². The number of hydrazine groups is 1. The number of hydrogen-bond acceptors (Lipinski definition) is 8. The van der Waals surface area contributed by atoms with Crippen LogP contribution in [0.2, 0.25) is 0 Å². The fraction of sp³-hybridized carbons (Fsp3) is 0.448. The van der Waals surface area contributed by atoms with Gasteiger partial charge in [0.1, 0.15) is 12.1 Å². The number of benzene rings is 2. The molecule has 2 atom stereocenters. The Morgan fingerprint density at radius 2 is 1.76 bits per heavy atom. The highest BCUT2D eigenvalue weighted by Crippen LogP contribution is 2.26. The Balaban J connectivity index is 0.000000889. The summed E-state index contributed by atoms with van der Waals surface area (Å²) >= 11 is 0. The number of para-hydroxylation sites is 1. The maximum absolute atomic E-state index is 12.7. The van der Waals surface area contributed by atoms with Gasteiger partial charge in [-0.2, -0.15) is 0 Å². The maximum atomic E-state index is 12.7. The number of sulfonamides is 1. The lowest BCUT2D eigenvalue weighted by molar-refractivity contribution is -0.387. The molecule has 2 aromatic carbocycles. The summed E-state index contributed by atoms with van der Waals surface area (Å²) < 4.78 is 30.1. The van der Waals surface area contributed by atoms with Crippen molar-refractivity contribution >= 4 is 33.7 Å². The SMILES string of the molecule is CC.CC/C=C\c1ccc(CC)cc1C.CCC(C(=O)NC(C)C(=O)OC)N(N)S(=O)(=O)c1ccccc1[N+](=O)[O-]. The average Bonchev–Trinajstić information content (AvgIpc) is 2.97. The van der Waals surface area contributed by atoms with Crippen molar-refractivity contribution in [2.24, 2.45) is 5.84 Å². The van der Waals surface area contributed by atoms with Gasteiger partial charge in [-0.05, 0) is 55.9 Å². The molecule has 0 saturated heterocycles. The second-order valence-corrected chi connectivity index (χ2v) is 10.4. The minimum atomic E-state index is -4.54. The second-order valence-electron chi connectivity index (χ2n) is 8.59. The van der Waals surface area contributed by atoms with Crippen LogP contribution in [-0.2, 0) is 30.8 Å². The fourth-order valence-corrected chi connectivity index (χ4v) is 4.99. The van der Waals surface area contributed by atoms with Gasteiger partial charge in [-0.1, -0.05) is 77.1 Å². The number of methoxy groups -OCH3 is 1. The molecule has 2 rings (SSSR count). The smallest absolute Gasteiger partial charge is 0.328 e. The number of carbonyl (C=O) groups excluding carboxylic acids is 2. The highest BCUT2D eigenvalue weighted by molar-refractivity contribution is 7.89. The van der Waals surface area contributed by atoms with E-state index in [1.54, 1.807) is 0 Å². The largest absolute Gasteiger partial charge is 0.467 e. The Morgan fingerprint density at radius 1 is 1.15 bits per heavy atom. The van der Waals surface area contributed by atoms with Gasteiger partial charge in [0.05, 0.1) is 12.0 Å². The number of allylic oxidation sites excluding steroid dienone is 1. The number of amides is 1. The third-order valence-corrected chi connectivity index (χ3v) is 7.51. The quantitative estimate of drug-likeness (QED) is 0.161. The summed E-state index contributed by atoms with van der Waals surface area (Å²) in [6, 6.07) is 8.93. The fourth-order valence-electron chi connectivity index (χ4n) is 3.52. The lowest BCUT2D eigenvalue weighted by Crippen LogP contribution is -2.55. The molecular formula is C29H44N4O7S. The predicted octanol–water partition coefficient (Wildman–Crippen LogP) is 4.92. The van der Waals surface area contributed by atoms with Gasteiger partial charge in [0.2, 0.25) is 5.91 Å². The van der Waals surface area contributed by atoms with E-state index in [4.69, 9.17) is 5.84 Å². The topological polar surface area (TPSA) is 162 Å². The van der Waals surface area contributed by atoms with Crippen LogP contribution in [0.25, 0.3) is 6.08 Å². The Hall–Kier alpha value is -3.61. The zero-order chi connectivity index (χ0) is 31.8. The molecule has 0 aliphatic rings. The number of hydrogen-bond donors (Lipinski definition) is 2. The molecule has 0 fully saturated rings. The summed E-state index contributed by atoms with van der Waals surface area (Å²) in [5.41, 5.74) is 3.48. The number of ether oxygens (including phenoxy) is 1. The summed E-state index contributed by atoms with van der Waals surface area (Å²) in [6.07, 6.45) is 6.60. The van der Waals surface area contributed by atoms with Crippen molar-refractivity contribution in [2.75, 3.05) is 7.11 Å². The van der Waals surface area contributed by atoms with Crippen LogP contribution in [0.4, 0.5) is 5.69 Å². The van der Waals surface area contributed by atoms with Gasteiger partial charge in [0.25, 0.3) is 15.7 Å². The summed E-state index contributed by atoms with van der Waals surface area (Å²) in [6.45, 7) is 13.4. The molecule has 228 valence electrons. The van der Waals surface area contributed by atoms with Crippen molar-refractivity contribution in [3.8, 4) is 0 Å². The molecule has 11 nitrogen and oxygen atoms in total. The van der Waals surface area contributed by atoms with E-state index in [0.29, 0.717) is 0 Å². The minimum Gasteiger partial charge on any atom is -0.467 e. The van der Waals surface area contributed by atoms with E-state index in [9.17, 15) is 28.1 Å². The first kappa shape index (κ1) is 37.4. The molecular weight excluding hydrogens is 548 g/mol. The Labute approximate surface area is 243 Å². The zero-order valence-corrected chi connectivity index (χ0v) is 26.0. The van der Waals surface area contributed by atoms with E-state index in [0.717, 1.165) is 32.1 Å². The van der Waals surface area contributed by atoms with E-state index < -0.39 is 49.5 Å². The maximum Gasteiger partial charge on any atom is 0.328 e. The molecule has 3 N–H and O–H groups in total. The number of nitro benzene ring substituents is 1. The third-order valence-electron chi connectivity index (χ3n) is 5.80. The van der Waals surface area contributed by atoms with Crippen LogP contribution < -0.4 is 11.2 Å². The molecule has 0 radical (unpaired) electrons. The summed E-state index contributed by atoms with van der Waals surface area (Å²) in [5.74, 6) is 4.08. The van der Waals surface area contributed by atoms with Gasteiger partial charge in [0.15, 0.2) is 4.90 Å². The first-order chi connectivity index (χ1) is 19.3. The van der Waals surface area contributed by atoms with Crippen molar-refractivity contribution < 1.29 is 27.7 Å². The monoisotopic (exact) mass is 592 g/mol. The van der Waals surface area contributed by atoms with E-state index in [2.05, 4.69) is 61.2 Å². The van der Waals surface area contributed by atoms with E-state index in [1.807, 2.05) is 13.8 Å². The van der Waals surface area contributed by atoms with Crippen molar-refractivity contribution in [2.45, 2.75) is 84.7 Å². The van der Waals surface area contributed by atoms with Crippen molar-refractivity contribution in [1.29, 1.82) is 0 Å². The second kappa shape index (κ2) is 18.7. The van der Waals surface area contributed by atoms with Gasteiger partial charge in [-0.15, -0.1) is 4.41 Å². The number of aryl methyl sites for hydroxylation is 2. The average molecular weight is 593 g/mol. The number of rotatable bonds is 11. The number of carbonyl (C=O) groups is 2. The van der Waals surface area contributed by atoms with E-state index in [-0.39, 0.29) is 10.8 Å². The summed E-state index contributed by atoms with van der Waals surface area (Å²) in [5, 5.41) is 13.4. The third kappa shape index (κ3) is 11.1. The molecule has 0 aliphatic heterocycles. The summed E-state index contributed by atoms with van der Waals surface area (Å²) in [7, 11) is -3.40. The van der Waals surface area contributed by atoms with Gasteiger partial charge in [-0.25, -0.2) is 13.2 Å². The number of esters is 1. The Kier molecular flexibility index (Phi) is 17.0. The lowest BCUT2D eigenvalue weighted by atomic mass is 10.0. The molecule has 2 aromatic rings. The molecule has 2 unspecified atom stereocenters. The lowest BCUT2D eigenvalue weighted by Gasteiger charge is -2.26. The van der Waals surface area contributed by atoms with Crippen LogP contribution >= 0.6 is 0 Å². The first-order valence-electron chi connectivity index (χ1n) is 13.5. The molecule has 0 heterocycles. The predicted molar refractivity (Wildman–Crippen MR) is 161 cm³/mol. The Morgan fingerprint density at radius 3 is 2.24 bits per heavy atom. The summed E-state index contributed by atoms with van der Waals surface area (Å²) in [4.78, 5) is 33.3. The van der Waals surface area contributed by atoms with Gasteiger partial charge in [0, 0.05) is 6.07 Å². The normalized spacial score (nSPS) is 12.3. The zero-order valence-electron chi connectivity index (χ0n) is 25.2. The van der Waals surface area contributed by atoms with Crippen molar-refractivity contribution in [3.05, 3.63) is 75.3 Å². The van der Waals surface area contributed by atoms with Crippen molar-refractivity contribution in [1.82, 2.24) is 9.73 Å². The molecule has 41 heavy (non-hydrogen) atoms. The number of nitro groups is 1.